The summed E-state index contributed by atoms with van der Waals surface area (Å²) in [6.45, 7) is 3.72. The van der Waals surface area contributed by atoms with Gasteiger partial charge in [-0.1, -0.05) is 35.9 Å². The molecule has 2 heterocycles. The van der Waals surface area contributed by atoms with E-state index < -0.39 is 10.0 Å². The van der Waals surface area contributed by atoms with Gasteiger partial charge in [0.05, 0.1) is 10.6 Å². The summed E-state index contributed by atoms with van der Waals surface area (Å²) in [4.78, 5) is 14.6. The first-order valence-corrected chi connectivity index (χ1v) is 10.9. The molecule has 0 saturated carbocycles. The zero-order valence-electron chi connectivity index (χ0n) is 16.1. The molecule has 2 aromatic carbocycles. The van der Waals surface area contributed by atoms with Gasteiger partial charge in [-0.25, -0.2) is 8.42 Å². The predicted octanol–water partition coefficient (Wildman–Crippen LogP) is 2.05. The molecule has 0 N–H and O–H groups in total. The Morgan fingerprint density at radius 2 is 1.48 bits per heavy atom. The van der Waals surface area contributed by atoms with Crippen LogP contribution in [0.15, 0.2) is 76.4 Å². The largest absolute Gasteiger partial charge is 0.353 e. The maximum Gasteiger partial charge on any atom is 0.271 e. The van der Waals surface area contributed by atoms with Crippen molar-refractivity contribution in [2.45, 2.75) is 11.8 Å². The Kier molecular flexibility index (Phi) is 5.21. The maximum absolute atomic E-state index is 12.8. The molecule has 0 aliphatic carbocycles. The second kappa shape index (κ2) is 7.81. The first-order chi connectivity index (χ1) is 13.9. The summed E-state index contributed by atoms with van der Waals surface area (Å²) < 4.78 is 28.4. The summed E-state index contributed by atoms with van der Waals surface area (Å²) in [5.74, 6) is 0.655. The number of rotatable bonds is 4. The average molecular weight is 410 g/mol. The number of hydrogen-bond acceptors (Lipinski definition) is 5. The summed E-state index contributed by atoms with van der Waals surface area (Å²) in [6, 6.07) is 19.2. The van der Waals surface area contributed by atoms with E-state index in [1.807, 2.05) is 36.1 Å². The third-order valence-corrected chi connectivity index (χ3v) is 6.92. The van der Waals surface area contributed by atoms with Crippen LogP contribution in [0, 0.1) is 6.92 Å². The molecule has 0 unspecified atom stereocenters. The number of benzene rings is 2. The Labute approximate surface area is 169 Å². The van der Waals surface area contributed by atoms with Crippen LogP contribution >= 0.6 is 0 Å². The maximum atomic E-state index is 12.8. The lowest BCUT2D eigenvalue weighted by atomic mass is 10.2. The highest BCUT2D eigenvalue weighted by molar-refractivity contribution is 7.89. The van der Waals surface area contributed by atoms with Gasteiger partial charge >= 0.3 is 0 Å². The van der Waals surface area contributed by atoms with Crippen molar-refractivity contribution < 1.29 is 8.42 Å². The molecule has 1 aromatic heterocycles. The smallest absolute Gasteiger partial charge is 0.271 e. The number of anilines is 1. The first kappa shape index (κ1) is 19.4. The van der Waals surface area contributed by atoms with Gasteiger partial charge in [0, 0.05) is 32.2 Å². The van der Waals surface area contributed by atoms with E-state index in [1.54, 1.807) is 36.4 Å². The molecule has 1 saturated heterocycles. The lowest BCUT2D eigenvalue weighted by Crippen LogP contribution is -2.49. The van der Waals surface area contributed by atoms with E-state index in [4.69, 9.17) is 0 Å². The monoisotopic (exact) mass is 410 g/mol. The van der Waals surface area contributed by atoms with Gasteiger partial charge < -0.3 is 4.90 Å². The molecule has 4 rings (SSSR count). The van der Waals surface area contributed by atoms with Crippen molar-refractivity contribution in [1.82, 2.24) is 14.1 Å². The molecule has 0 amide bonds. The minimum absolute atomic E-state index is 0.206. The van der Waals surface area contributed by atoms with Gasteiger partial charge in [0.15, 0.2) is 0 Å². The number of piperazine rings is 1. The van der Waals surface area contributed by atoms with Gasteiger partial charge in [-0.3, -0.25) is 4.79 Å². The molecule has 29 heavy (non-hydrogen) atoms. The number of aryl methyl sites for hydroxylation is 1. The number of aromatic nitrogens is 2. The van der Waals surface area contributed by atoms with Crippen molar-refractivity contribution in [1.29, 1.82) is 0 Å². The van der Waals surface area contributed by atoms with Crippen molar-refractivity contribution in [3.8, 4) is 5.69 Å². The first-order valence-electron chi connectivity index (χ1n) is 9.43. The van der Waals surface area contributed by atoms with Crippen molar-refractivity contribution in [3.05, 3.63) is 82.6 Å². The van der Waals surface area contributed by atoms with Crippen LogP contribution in [0.25, 0.3) is 5.69 Å². The van der Waals surface area contributed by atoms with Crippen molar-refractivity contribution >= 4 is 15.8 Å². The van der Waals surface area contributed by atoms with Gasteiger partial charge in [0.25, 0.3) is 5.56 Å². The standard InChI is InChI=1S/C21H22N4O3S/c1-17-7-9-18(10-8-17)25-21(26)12-11-20(22-25)23-13-15-24(16-14-23)29(27,28)19-5-3-2-4-6-19/h2-12H,13-16H2,1H3. The van der Waals surface area contributed by atoms with Gasteiger partial charge in [-0.2, -0.15) is 8.99 Å². The fourth-order valence-electron chi connectivity index (χ4n) is 3.34. The Balaban J connectivity index is 1.53. The summed E-state index contributed by atoms with van der Waals surface area (Å²) in [5.41, 5.74) is 1.60. The molecule has 0 radical (unpaired) electrons. The third-order valence-electron chi connectivity index (χ3n) is 5.01. The lowest BCUT2D eigenvalue weighted by molar-refractivity contribution is 0.383. The van der Waals surface area contributed by atoms with Crippen LogP contribution in [0.1, 0.15) is 5.56 Å². The van der Waals surface area contributed by atoms with Gasteiger partial charge in [-0.05, 0) is 37.3 Å². The van der Waals surface area contributed by atoms with Crippen LogP contribution in [0.2, 0.25) is 0 Å². The molecule has 3 aromatic rings. The van der Waals surface area contributed by atoms with E-state index in [-0.39, 0.29) is 5.56 Å². The third kappa shape index (κ3) is 3.94. The quantitative estimate of drug-likeness (QED) is 0.658. The van der Waals surface area contributed by atoms with Crippen LogP contribution in [-0.2, 0) is 10.0 Å². The molecule has 1 fully saturated rings. The summed E-state index contributed by atoms with van der Waals surface area (Å²) in [6.07, 6.45) is 0. The van der Waals surface area contributed by atoms with Crippen molar-refractivity contribution in [2.24, 2.45) is 0 Å². The number of hydrogen-bond donors (Lipinski definition) is 0. The Hall–Kier alpha value is -2.97. The number of sulfonamides is 1. The van der Waals surface area contributed by atoms with Gasteiger partial charge in [0.1, 0.15) is 5.82 Å². The van der Waals surface area contributed by atoms with E-state index in [0.29, 0.717) is 42.6 Å². The zero-order chi connectivity index (χ0) is 20.4. The predicted molar refractivity (Wildman–Crippen MR) is 112 cm³/mol. The molecule has 0 bridgehead atoms. The van der Waals surface area contributed by atoms with E-state index in [1.165, 1.54) is 15.1 Å². The number of nitrogens with zero attached hydrogens (tertiary/aromatic N) is 4. The molecule has 7 nitrogen and oxygen atoms in total. The average Bonchev–Trinajstić information content (AvgIpc) is 2.75. The van der Waals surface area contributed by atoms with Crippen LogP contribution in [0.3, 0.4) is 0 Å². The highest BCUT2D eigenvalue weighted by atomic mass is 32.2. The highest BCUT2D eigenvalue weighted by Crippen LogP contribution is 2.19. The minimum atomic E-state index is -3.50. The van der Waals surface area contributed by atoms with Crippen molar-refractivity contribution in [3.63, 3.8) is 0 Å². The molecular weight excluding hydrogens is 388 g/mol. The fraction of sp³-hybridized carbons (Fsp3) is 0.238. The van der Waals surface area contributed by atoms with E-state index in [9.17, 15) is 13.2 Å². The highest BCUT2D eigenvalue weighted by Gasteiger charge is 2.28. The molecule has 8 heteroatoms. The van der Waals surface area contributed by atoms with Crippen LogP contribution in [-0.4, -0.2) is 48.7 Å². The Morgan fingerprint density at radius 1 is 0.828 bits per heavy atom. The normalized spacial score (nSPS) is 15.4. The molecule has 150 valence electrons. The van der Waals surface area contributed by atoms with Crippen LogP contribution < -0.4 is 10.5 Å². The molecule has 1 aliphatic heterocycles. The minimum Gasteiger partial charge on any atom is -0.353 e. The van der Waals surface area contributed by atoms with E-state index >= 15 is 0 Å². The molecular formula is C21H22N4O3S. The van der Waals surface area contributed by atoms with E-state index in [2.05, 4.69) is 5.10 Å². The SMILES string of the molecule is Cc1ccc(-n2nc(N3CCN(S(=O)(=O)c4ccccc4)CC3)ccc2=O)cc1. The van der Waals surface area contributed by atoms with Crippen LogP contribution in [0.4, 0.5) is 5.82 Å². The van der Waals surface area contributed by atoms with Gasteiger partial charge in [-0.15, -0.1) is 5.10 Å². The summed E-state index contributed by atoms with van der Waals surface area (Å²) in [7, 11) is -3.50. The second-order valence-electron chi connectivity index (χ2n) is 6.98. The van der Waals surface area contributed by atoms with Gasteiger partial charge in [0.2, 0.25) is 10.0 Å². The second-order valence-corrected chi connectivity index (χ2v) is 8.92. The zero-order valence-corrected chi connectivity index (χ0v) is 16.9. The topological polar surface area (TPSA) is 75.5 Å². The summed E-state index contributed by atoms with van der Waals surface area (Å²) in [5, 5.41) is 4.50. The Morgan fingerprint density at radius 3 is 2.14 bits per heavy atom. The molecule has 0 spiro atoms. The van der Waals surface area contributed by atoms with Crippen LogP contribution in [0.5, 0.6) is 0 Å². The molecule has 0 atom stereocenters. The fourth-order valence-corrected chi connectivity index (χ4v) is 4.78. The lowest BCUT2D eigenvalue weighted by Gasteiger charge is -2.34. The molecule has 1 aliphatic rings. The van der Waals surface area contributed by atoms with Crippen molar-refractivity contribution in [2.75, 3.05) is 31.1 Å². The Bertz CT molecular complexity index is 1150. The van der Waals surface area contributed by atoms with E-state index in [0.717, 1.165) is 5.56 Å². The summed E-state index contributed by atoms with van der Waals surface area (Å²) >= 11 is 0.